The molecule has 0 saturated carbocycles. The van der Waals surface area contributed by atoms with Gasteiger partial charge in [0.2, 0.25) is 0 Å². The lowest BCUT2D eigenvalue weighted by molar-refractivity contribution is -0.140. The first-order chi connectivity index (χ1) is 7.43. The van der Waals surface area contributed by atoms with Crippen LogP contribution in [0.4, 0.5) is 0 Å². The lowest BCUT2D eigenvalue weighted by atomic mass is 10.5. The van der Waals surface area contributed by atoms with Crippen molar-refractivity contribution in [3.63, 3.8) is 0 Å². The van der Waals surface area contributed by atoms with Crippen LogP contribution in [0.25, 0.3) is 0 Å². The number of carbonyl (C=O) groups excluding carboxylic acids is 2. The van der Waals surface area contributed by atoms with Gasteiger partial charge in [0, 0.05) is 12.2 Å². The summed E-state index contributed by atoms with van der Waals surface area (Å²) in [5.74, 6) is -1.07. The molecule has 0 atom stereocenters. The predicted octanol–water partition coefficient (Wildman–Crippen LogP) is 2.60. The summed E-state index contributed by atoms with van der Waals surface area (Å²) in [6.07, 6.45) is 2.09. The molecule has 0 aliphatic carbocycles. The molecule has 0 amide bonds. The van der Waals surface area contributed by atoms with E-state index in [0.717, 1.165) is 12.2 Å². The maximum absolute atomic E-state index is 10.6. The molecule has 6 heteroatoms. The van der Waals surface area contributed by atoms with Gasteiger partial charge in [0.1, 0.15) is 0 Å². The van der Waals surface area contributed by atoms with Crippen molar-refractivity contribution in [1.29, 1.82) is 0 Å². The third-order valence-corrected chi connectivity index (χ3v) is 0.929. The summed E-state index contributed by atoms with van der Waals surface area (Å²) >= 11 is 9.69. The topological polar surface area (TPSA) is 52.6 Å². The van der Waals surface area contributed by atoms with Gasteiger partial charge < -0.3 is 9.47 Å². The molecule has 0 saturated heterocycles. The molecule has 0 spiro atoms. The van der Waals surface area contributed by atoms with Gasteiger partial charge in [-0.25, -0.2) is 9.59 Å². The lowest BCUT2D eigenvalue weighted by Crippen LogP contribution is -2.03. The van der Waals surface area contributed by atoms with E-state index in [0.29, 0.717) is 13.2 Å². The van der Waals surface area contributed by atoms with Crippen LogP contribution in [0.2, 0.25) is 0 Å². The van der Waals surface area contributed by atoms with Gasteiger partial charge in [-0.15, -0.1) is 0 Å². The van der Waals surface area contributed by atoms with E-state index in [2.05, 4.69) is 16.1 Å². The molecule has 0 aromatic carbocycles. The second-order valence-electron chi connectivity index (χ2n) is 2.18. The Morgan fingerprint density at radius 3 is 1.50 bits per heavy atom. The quantitative estimate of drug-likeness (QED) is 0.581. The molecular formula is C10H14Cl2O4. The highest BCUT2D eigenvalue weighted by atomic mass is 35.5. The zero-order valence-electron chi connectivity index (χ0n) is 9.16. The lowest BCUT2D eigenvalue weighted by Gasteiger charge is -1.95. The Bertz CT molecular complexity index is 238. The Kier molecular flexibility index (Phi) is 13.1. The number of rotatable bonds is 4. The summed E-state index contributed by atoms with van der Waals surface area (Å²) in [5, 5.41) is 0. The predicted molar refractivity (Wildman–Crippen MR) is 63.3 cm³/mol. The van der Waals surface area contributed by atoms with Crippen LogP contribution in [0.15, 0.2) is 23.2 Å². The summed E-state index contributed by atoms with van der Waals surface area (Å²) < 4.78 is 9.18. The van der Waals surface area contributed by atoms with Crippen LogP contribution in [0, 0.1) is 0 Å². The van der Waals surface area contributed by atoms with Gasteiger partial charge in [0.25, 0.3) is 0 Å². The number of carbonyl (C=O) groups is 2. The van der Waals surface area contributed by atoms with Crippen molar-refractivity contribution < 1.29 is 19.1 Å². The molecule has 0 aliphatic heterocycles. The third-order valence-electron chi connectivity index (χ3n) is 0.929. The number of hydrogen-bond acceptors (Lipinski definition) is 4. The smallest absolute Gasteiger partial charge is 0.330 e. The third kappa shape index (κ3) is 18.7. The first kappa shape index (κ1) is 17.4. The number of esters is 2. The molecule has 0 radical (unpaired) electrons. The molecule has 0 unspecified atom stereocenters. The van der Waals surface area contributed by atoms with Crippen molar-refractivity contribution in [3.8, 4) is 0 Å². The molecule has 0 aromatic heterocycles. The zero-order chi connectivity index (χ0) is 13.0. The molecule has 16 heavy (non-hydrogen) atoms. The molecule has 0 rings (SSSR count). The number of halogens is 2. The standard InChI is InChI=1S/C8H12O4.C2H2Cl2/c1-3-11-7(9)5-6-8(10)12-4-2;1-2(3)4/h5-6H,3-4H2,1-2H3;1H2/b6-5+;. The maximum Gasteiger partial charge on any atom is 0.330 e. The summed E-state index contributed by atoms with van der Waals surface area (Å²) in [4.78, 5) is 21.3. The van der Waals surface area contributed by atoms with E-state index >= 15 is 0 Å². The van der Waals surface area contributed by atoms with E-state index in [1.807, 2.05) is 0 Å². The Morgan fingerprint density at radius 2 is 1.31 bits per heavy atom. The molecule has 0 heterocycles. The van der Waals surface area contributed by atoms with Gasteiger partial charge >= 0.3 is 11.9 Å². The van der Waals surface area contributed by atoms with Crippen molar-refractivity contribution in [2.45, 2.75) is 13.8 Å². The second-order valence-corrected chi connectivity index (χ2v) is 3.28. The SMILES string of the molecule is C=C(Cl)Cl.CCOC(=O)/C=C/C(=O)OCC. The van der Waals surface area contributed by atoms with Gasteiger partial charge in [0.05, 0.1) is 17.7 Å². The number of ether oxygens (including phenoxy) is 2. The van der Waals surface area contributed by atoms with Crippen LogP contribution in [0.1, 0.15) is 13.8 Å². The monoisotopic (exact) mass is 268 g/mol. The normalized spacial score (nSPS) is 9.00. The Balaban J connectivity index is 0. The Morgan fingerprint density at radius 1 is 1.06 bits per heavy atom. The van der Waals surface area contributed by atoms with Gasteiger partial charge in [-0.05, 0) is 13.8 Å². The summed E-state index contributed by atoms with van der Waals surface area (Å²) in [6, 6.07) is 0. The minimum absolute atomic E-state index is 0.111. The van der Waals surface area contributed by atoms with E-state index < -0.39 is 11.9 Å². The summed E-state index contributed by atoms with van der Waals surface area (Å²) in [6.45, 7) is 7.06. The van der Waals surface area contributed by atoms with Gasteiger partial charge in [-0.1, -0.05) is 29.8 Å². The van der Waals surface area contributed by atoms with Crippen LogP contribution in [0.3, 0.4) is 0 Å². The van der Waals surface area contributed by atoms with Crippen LogP contribution >= 0.6 is 23.2 Å². The minimum Gasteiger partial charge on any atom is -0.463 e. The van der Waals surface area contributed by atoms with E-state index in [4.69, 9.17) is 23.2 Å². The van der Waals surface area contributed by atoms with Crippen LogP contribution in [0.5, 0.6) is 0 Å². The second kappa shape index (κ2) is 12.1. The molecule has 0 N–H and O–H groups in total. The molecule has 0 aliphatic rings. The minimum atomic E-state index is -0.537. The van der Waals surface area contributed by atoms with Crippen molar-refractivity contribution in [1.82, 2.24) is 0 Å². The van der Waals surface area contributed by atoms with Crippen molar-refractivity contribution in [3.05, 3.63) is 23.2 Å². The first-order valence-corrected chi connectivity index (χ1v) is 5.21. The largest absolute Gasteiger partial charge is 0.463 e. The van der Waals surface area contributed by atoms with Crippen molar-refractivity contribution in [2.24, 2.45) is 0 Å². The summed E-state index contributed by atoms with van der Waals surface area (Å²) in [5.41, 5.74) is 0. The van der Waals surface area contributed by atoms with Crippen LogP contribution in [-0.2, 0) is 19.1 Å². The molecule has 0 aromatic rings. The van der Waals surface area contributed by atoms with Crippen LogP contribution < -0.4 is 0 Å². The highest BCUT2D eigenvalue weighted by molar-refractivity contribution is 6.55. The molecular weight excluding hydrogens is 255 g/mol. The fourth-order valence-electron chi connectivity index (χ4n) is 0.517. The zero-order valence-corrected chi connectivity index (χ0v) is 10.7. The molecule has 92 valence electrons. The van der Waals surface area contributed by atoms with E-state index in [-0.39, 0.29) is 4.49 Å². The Labute approximate surface area is 105 Å². The average molecular weight is 269 g/mol. The molecule has 4 nitrogen and oxygen atoms in total. The molecule has 0 fully saturated rings. The first-order valence-electron chi connectivity index (χ1n) is 4.45. The maximum atomic E-state index is 10.6. The molecule has 0 bridgehead atoms. The Hall–Kier alpha value is -1.00. The van der Waals surface area contributed by atoms with Gasteiger partial charge in [0.15, 0.2) is 0 Å². The van der Waals surface area contributed by atoms with E-state index in [9.17, 15) is 9.59 Å². The van der Waals surface area contributed by atoms with Crippen molar-refractivity contribution in [2.75, 3.05) is 13.2 Å². The fraction of sp³-hybridized carbons (Fsp3) is 0.400. The highest BCUT2D eigenvalue weighted by Crippen LogP contribution is 1.98. The average Bonchev–Trinajstić information content (AvgIpc) is 2.15. The fourth-order valence-corrected chi connectivity index (χ4v) is 0.517. The number of hydrogen-bond donors (Lipinski definition) is 0. The van der Waals surface area contributed by atoms with E-state index in [1.165, 1.54) is 0 Å². The highest BCUT2D eigenvalue weighted by Gasteiger charge is 1.97. The van der Waals surface area contributed by atoms with Crippen LogP contribution in [-0.4, -0.2) is 25.2 Å². The van der Waals surface area contributed by atoms with Gasteiger partial charge in [-0.3, -0.25) is 0 Å². The van der Waals surface area contributed by atoms with E-state index in [1.54, 1.807) is 13.8 Å². The van der Waals surface area contributed by atoms with Crippen molar-refractivity contribution >= 4 is 35.1 Å². The summed E-state index contributed by atoms with van der Waals surface area (Å²) in [7, 11) is 0. The van der Waals surface area contributed by atoms with Gasteiger partial charge in [-0.2, -0.15) is 0 Å².